The molecule has 0 aliphatic heterocycles. The molecule has 1 heterocycles. The standard InChI is InChI=1S/C19H21NO3S/c1-13(14-6-3-2-4-7-14)11-20-18(21)12-23-19(22)17-10-15-8-5-9-16(15)24-17/h2-4,6-7,10,13H,5,8-9,11-12H2,1H3,(H,20,21)/t13-/m1/s1. The van der Waals surface area contributed by atoms with E-state index in [9.17, 15) is 9.59 Å². The van der Waals surface area contributed by atoms with Crippen LogP contribution in [-0.2, 0) is 22.4 Å². The van der Waals surface area contributed by atoms with Crippen molar-refractivity contribution in [3.8, 4) is 0 Å². The van der Waals surface area contributed by atoms with Gasteiger partial charge in [0.2, 0.25) is 0 Å². The summed E-state index contributed by atoms with van der Waals surface area (Å²) in [5.41, 5.74) is 2.43. The molecule has 1 amide bonds. The normalized spacial score (nSPS) is 14.0. The molecule has 4 nitrogen and oxygen atoms in total. The highest BCUT2D eigenvalue weighted by Gasteiger charge is 2.20. The third-order valence-corrected chi connectivity index (χ3v) is 5.47. The number of aryl methyl sites for hydroxylation is 2. The fourth-order valence-corrected chi connectivity index (χ4v) is 4.00. The first kappa shape index (κ1) is 16.7. The molecule has 1 aliphatic carbocycles. The lowest BCUT2D eigenvalue weighted by Crippen LogP contribution is -2.31. The molecule has 0 unspecified atom stereocenters. The van der Waals surface area contributed by atoms with E-state index in [0.717, 1.165) is 12.8 Å². The van der Waals surface area contributed by atoms with Crippen LogP contribution in [0.5, 0.6) is 0 Å². The summed E-state index contributed by atoms with van der Waals surface area (Å²) in [6.07, 6.45) is 3.25. The van der Waals surface area contributed by atoms with Gasteiger partial charge in [-0.15, -0.1) is 11.3 Å². The molecule has 0 spiro atoms. The van der Waals surface area contributed by atoms with Gasteiger partial charge in [0.15, 0.2) is 6.61 Å². The van der Waals surface area contributed by atoms with Gasteiger partial charge in [0.1, 0.15) is 4.88 Å². The van der Waals surface area contributed by atoms with Crippen molar-refractivity contribution < 1.29 is 14.3 Å². The minimum atomic E-state index is -0.402. The van der Waals surface area contributed by atoms with Crippen molar-refractivity contribution in [1.29, 1.82) is 0 Å². The number of carbonyl (C=O) groups is 2. The Morgan fingerprint density at radius 3 is 2.79 bits per heavy atom. The third-order valence-electron chi connectivity index (χ3n) is 4.26. The zero-order chi connectivity index (χ0) is 16.9. The summed E-state index contributed by atoms with van der Waals surface area (Å²) in [7, 11) is 0. The molecule has 1 aromatic carbocycles. The Balaban J connectivity index is 1.42. The lowest BCUT2D eigenvalue weighted by Gasteiger charge is -2.13. The quantitative estimate of drug-likeness (QED) is 0.819. The van der Waals surface area contributed by atoms with E-state index in [1.54, 1.807) is 0 Å². The van der Waals surface area contributed by atoms with Crippen molar-refractivity contribution >= 4 is 23.2 Å². The van der Waals surface area contributed by atoms with Crippen LogP contribution >= 0.6 is 11.3 Å². The Kier molecular flexibility index (Phi) is 5.30. The van der Waals surface area contributed by atoms with E-state index in [2.05, 4.69) is 12.2 Å². The van der Waals surface area contributed by atoms with E-state index in [0.29, 0.717) is 11.4 Å². The van der Waals surface area contributed by atoms with Crippen molar-refractivity contribution in [3.63, 3.8) is 0 Å². The largest absolute Gasteiger partial charge is 0.451 e. The zero-order valence-electron chi connectivity index (χ0n) is 13.7. The first-order valence-electron chi connectivity index (χ1n) is 8.24. The predicted molar refractivity (Wildman–Crippen MR) is 94.5 cm³/mol. The molecule has 1 N–H and O–H groups in total. The number of carbonyl (C=O) groups excluding carboxylic acids is 2. The Hall–Kier alpha value is -2.14. The molecule has 5 heteroatoms. The highest BCUT2D eigenvalue weighted by Crippen LogP contribution is 2.30. The minimum absolute atomic E-state index is 0.214. The van der Waals surface area contributed by atoms with Crippen LogP contribution in [0.2, 0.25) is 0 Å². The van der Waals surface area contributed by atoms with Crippen molar-refractivity contribution in [2.75, 3.05) is 13.2 Å². The molecule has 1 aliphatic rings. The molecule has 0 radical (unpaired) electrons. The van der Waals surface area contributed by atoms with Gasteiger partial charge in [0.25, 0.3) is 5.91 Å². The van der Waals surface area contributed by atoms with E-state index >= 15 is 0 Å². The summed E-state index contributed by atoms with van der Waals surface area (Å²) in [5, 5.41) is 2.81. The Morgan fingerprint density at radius 1 is 1.25 bits per heavy atom. The molecule has 126 valence electrons. The number of ether oxygens (including phenoxy) is 1. The molecule has 2 aromatic rings. The number of nitrogens with one attached hydrogen (secondary N) is 1. The summed E-state index contributed by atoms with van der Waals surface area (Å²) in [6.45, 7) is 2.34. The highest BCUT2D eigenvalue weighted by molar-refractivity contribution is 7.14. The molecule has 3 rings (SSSR count). The van der Waals surface area contributed by atoms with E-state index in [4.69, 9.17) is 4.74 Å². The number of fused-ring (bicyclic) bond motifs is 1. The Labute approximate surface area is 145 Å². The maximum absolute atomic E-state index is 12.0. The molecular weight excluding hydrogens is 322 g/mol. The van der Waals surface area contributed by atoms with Crippen molar-refractivity contribution in [2.45, 2.75) is 32.1 Å². The number of esters is 1. The highest BCUT2D eigenvalue weighted by atomic mass is 32.1. The zero-order valence-corrected chi connectivity index (χ0v) is 14.5. The van der Waals surface area contributed by atoms with Crippen LogP contribution in [0.3, 0.4) is 0 Å². The molecule has 0 bridgehead atoms. The van der Waals surface area contributed by atoms with Gasteiger partial charge in [-0.3, -0.25) is 4.79 Å². The van der Waals surface area contributed by atoms with E-state index < -0.39 is 5.97 Å². The van der Waals surface area contributed by atoms with Gasteiger partial charge in [-0.05, 0) is 42.4 Å². The Morgan fingerprint density at radius 2 is 2.04 bits per heavy atom. The van der Waals surface area contributed by atoms with E-state index in [1.807, 2.05) is 36.4 Å². The fourth-order valence-electron chi connectivity index (χ4n) is 2.85. The van der Waals surface area contributed by atoms with Crippen molar-refractivity contribution in [1.82, 2.24) is 5.32 Å². The maximum atomic E-state index is 12.0. The molecule has 24 heavy (non-hydrogen) atoms. The number of benzene rings is 1. The van der Waals surface area contributed by atoms with Gasteiger partial charge in [0.05, 0.1) is 0 Å². The second-order valence-electron chi connectivity index (χ2n) is 6.10. The monoisotopic (exact) mass is 343 g/mol. The lowest BCUT2D eigenvalue weighted by molar-refractivity contribution is -0.124. The van der Waals surface area contributed by atoms with Gasteiger partial charge >= 0.3 is 5.97 Å². The Bertz CT molecular complexity index is 702. The summed E-state index contributed by atoms with van der Waals surface area (Å²) in [5.74, 6) is -0.456. The second kappa shape index (κ2) is 7.62. The van der Waals surface area contributed by atoms with Crippen LogP contribution in [0.4, 0.5) is 0 Å². The van der Waals surface area contributed by atoms with Crippen molar-refractivity contribution in [3.05, 3.63) is 57.3 Å². The average Bonchev–Trinajstić information content (AvgIpc) is 3.20. The van der Waals surface area contributed by atoms with Crippen LogP contribution in [0.25, 0.3) is 0 Å². The second-order valence-corrected chi connectivity index (χ2v) is 7.24. The van der Waals surface area contributed by atoms with Gasteiger partial charge in [0, 0.05) is 11.4 Å². The fraction of sp³-hybridized carbons (Fsp3) is 0.368. The number of rotatable bonds is 6. The molecule has 1 aromatic heterocycles. The number of hydrogen-bond donors (Lipinski definition) is 1. The topological polar surface area (TPSA) is 55.4 Å². The van der Waals surface area contributed by atoms with Crippen LogP contribution in [0.15, 0.2) is 36.4 Å². The average molecular weight is 343 g/mol. The molecule has 0 fully saturated rings. The summed E-state index contributed by atoms with van der Waals surface area (Å²) in [4.78, 5) is 25.8. The SMILES string of the molecule is C[C@H](CNC(=O)COC(=O)c1cc2c(s1)CCC2)c1ccccc1. The van der Waals surface area contributed by atoms with Gasteiger partial charge in [-0.2, -0.15) is 0 Å². The van der Waals surface area contributed by atoms with E-state index in [-0.39, 0.29) is 18.4 Å². The molecule has 1 atom stereocenters. The van der Waals surface area contributed by atoms with Crippen LogP contribution in [0, 0.1) is 0 Å². The number of thiophene rings is 1. The van der Waals surface area contributed by atoms with Crippen LogP contribution in [-0.4, -0.2) is 25.0 Å². The molecule has 0 saturated carbocycles. The smallest absolute Gasteiger partial charge is 0.348 e. The minimum Gasteiger partial charge on any atom is -0.451 e. The van der Waals surface area contributed by atoms with Gasteiger partial charge < -0.3 is 10.1 Å². The first-order chi connectivity index (χ1) is 11.6. The van der Waals surface area contributed by atoms with E-state index in [1.165, 1.54) is 33.8 Å². The third kappa shape index (κ3) is 4.03. The first-order valence-corrected chi connectivity index (χ1v) is 9.05. The summed E-state index contributed by atoms with van der Waals surface area (Å²) < 4.78 is 5.12. The molecular formula is C19H21NO3S. The maximum Gasteiger partial charge on any atom is 0.348 e. The lowest BCUT2D eigenvalue weighted by atomic mass is 10.0. The number of amides is 1. The predicted octanol–water partition coefficient (Wildman–Crippen LogP) is 3.31. The van der Waals surface area contributed by atoms with Crippen LogP contribution < -0.4 is 5.32 Å². The summed E-state index contributed by atoms with van der Waals surface area (Å²) in [6, 6.07) is 11.9. The van der Waals surface area contributed by atoms with Gasteiger partial charge in [-0.25, -0.2) is 4.79 Å². The summed E-state index contributed by atoms with van der Waals surface area (Å²) >= 11 is 1.49. The molecule has 0 saturated heterocycles. The van der Waals surface area contributed by atoms with Crippen molar-refractivity contribution in [2.24, 2.45) is 0 Å². The van der Waals surface area contributed by atoms with Gasteiger partial charge in [-0.1, -0.05) is 37.3 Å². The van der Waals surface area contributed by atoms with Crippen LogP contribution in [0.1, 0.15) is 44.9 Å². The number of hydrogen-bond acceptors (Lipinski definition) is 4.